The van der Waals surface area contributed by atoms with E-state index in [1.165, 1.54) is 81.4 Å². The summed E-state index contributed by atoms with van der Waals surface area (Å²) in [7, 11) is 0. The van der Waals surface area contributed by atoms with Crippen LogP contribution >= 0.6 is 11.3 Å². The molecule has 3 aliphatic rings. The predicted molar refractivity (Wildman–Crippen MR) is 263 cm³/mol. The van der Waals surface area contributed by atoms with Gasteiger partial charge in [-0.1, -0.05) is 177 Å². The Morgan fingerprint density at radius 1 is 0.613 bits per heavy atom. The summed E-state index contributed by atoms with van der Waals surface area (Å²) in [4.78, 5) is 5.64. The fourth-order valence-electron chi connectivity index (χ4n) is 9.90. The number of fused-ring (bicyclic) bond motifs is 6. The van der Waals surface area contributed by atoms with Crippen molar-refractivity contribution in [3.63, 3.8) is 0 Å². The van der Waals surface area contributed by atoms with E-state index in [-0.39, 0.29) is 17.9 Å². The van der Waals surface area contributed by atoms with Crippen LogP contribution in [0.25, 0.3) is 59.3 Å². The molecular weight excluding hydrogens is 771 g/mol. The molecule has 1 aliphatic carbocycles. The average molecular weight is 818 g/mol. The minimum atomic E-state index is -0.123. The second-order valence-corrected chi connectivity index (χ2v) is 17.9. The Labute approximate surface area is 368 Å². The first-order valence-electron chi connectivity index (χ1n) is 21.9. The molecule has 0 N–H and O–H groups in total. The number of benzene rings is 7. The number of nitrogens with zero attached hydrogens (tertiary/aromatic N) is 1. The van der Waals surface area contributed by atoms with Crippen molar-refractivity contribution in [2.45, 2.75) is 45.6 Å². The summed E-state index contributed by atoms with van der Waals surface area (Å²) in [6.45, 7) is 6.94. The van der Waals surface area contributed by atoms with Gasteiger partial charge in [0.1, 0.15) is 11.9 Å². The first-order valence-corrected chi connectivity index (χ1v) is 22.8. The number of rotatable bonds is 7. The molecule has 7 aromatic carbocycles. The van der Waals surface area contributed by atoms with E-state index in [9.17, 15) is 0 Å². The van der Waals surface area contributed by atoms with Gasteiger partial charge in [0, 0.05) is 43.1 Å². The predicted octanol–water partition coefficient (Wildman–Crippen LogP) is 16.1. The summed E-state index contributed by atoms with van der Waals surface area (Å²) in [5.74, 6) is 1.15. The van der Waals surface area contributed by atoms with Gasteiger partial charge in [-0.15, -0.1) is 11.3 Å². The molecule has 300 valence electrons. The number of aliphatic imine (C=N–C) groups is 1. The van der Waals surface area contributed by atoms with Crippen LogP contribution in [0.2, 0.25) is 0 Å². The van der Waals surface area contributed by atoms with Crippen molar-refractivity contribution in [1.82, 2.24) is 0 Å². The van der Waals surface area contributed by atoms with Crippen molar-refractivity contribution in [2.24, 2.45) is 10.9 Å². The summed E-state index contributed by atoms with van der Waals surface area (Å²) in [5, 5.41) is 2.62. The molecule has 0 radical (unpaired) electrons. The molecule has 3 heteroatoms. The molecule has 0 saturated carbocycles. The van der Waals surface area contributed by atoms with E-state index in [1.807, 2.05) is 11.3 Å². The van der Waals surface area contributed by atoms with Crippen LogP contribution in [0.3, 0.4) is 0 Å². The minimum absolute atomic E-state index is 0.0875. The highest BCUT2D eigenvalue weighted by molar-refractivity contribution is 7.25. The lowest BCUT2D eigenvalue weighted by molar-refractivity contribution is 0.257. The highest BCUT2D eigenvalue weighted by atomic mass is 32.1. The molecule has 3 atom stereocenters. The molecule has 0 fully saturated rings. The highest BCUT2D eigenvalue weighted by Crippen LogP contribution is 2.50. The molecule has 2 nitrogen and oxygen atoms in total. The van der Waals surface area contributed by atoms with Gasteiger partial charge in [-0.2, -0.15) is 0 Å². The number of ether oxygens (including phenoxy) is 1. The van der Waals surface area contributed by atoms with Crippen LogP contribution in [-0.2, 0) is 0 Å². The Morgan fingerprint density at radius 2 is 1.24 bits per heavy atom. The van der Waals surface area contributed by atoms with Crippen molar-refractivity contribution in [2.75, 3.05) is 0 Å². The first-order chi connectivity index (χ1) is 30.5. The first kappa shape index (κ1) is 38.1. The van der Waals surface area contributed by atoms with E-state index in [2.05, 4.69) is 209 Å². The van der Waals surface area contributed by atoms with Gasteiger partial charge >= 0.3 is 0 Å². The molecule has 0 amide bonds. The van der Waals surface area contributed by atoms with Crippen LogP contribution in [0.5, 0.6) is 5.75 Å². The second kappa shape index (κ2) is 15.9. The zero-order valence-electron chi connectivity index (χ0n) is 35.3. The molecule has 0 saturated heterocycles. The van der Waals surface area contributed by atoms with Crippen LogP contribution in [-0.4, -0.2) is 11.8 Å². The second-order valence-electron chi connectivity index (χ2n) is 16.9. The largest absolute Gasteiger partial charge is 0.484 e. The molecule has 0 bridgehead atoms. The standard InChI is InChI=1S/C59H47NOS/c1-4-39-33-49(37(2)38(3)57(43-21-12-7-13-22-43)60-58(39)44-29-27-41(28-30-44)40-17-8-5-9-18-40)47-24-16-25-48-52-34-45(31-32-54(52)61-59(47)48)50-35-53-46-23-14-15-26-55(46)62-56(53)36-51(50)42-19-10-6-11-20-42/h5-32,34-36,38,48,59H,4,33H2,1-3H3/b49-37-,58-39-,60-57+. The van der Waals surface area contributed by atoms with Crippen LogP contribution in [0, 0.1) is 5.92 Å². The third-order valence-electron chi connectivity index (χ3n) is 13.4. The van der Waals surface area contributed by atoms with Crippen LogP contribution in [0.15, 0.2) is 215 Å². The SMILES string of the molecule is CC/C1=C(c2ccc(-c3ccccc3)cc2)/N=C(/c2ccccc2)C(C)/C(C)=C(\C2=CC=CC3c4cc(-c5cc6c(cc5-c5ccccc5)sc5ccccc56)ccc4OC23)C1. The van der Waals surface area contributed by atoms with Gasteiger partial charge in [0.2, 0.25) is 0 Å². The number of allylic oxidation sites excluding steroid dienone is 4. The Balaban J connectivity index is 0.998. The zero-order valence-corrected chi connectivity index (χ0v) is 36.1. The summed E-state index contributed by atoms with van der Waals surface area (Å²) in [5.41, 5.74) is 18.4. The zero-order chi connectivity index (χ0) is 41.7. The topological polar surface area (TPSA) is 21.6 Å². The van der Waals surface area contributed by atoms with Crippen molar-refractivity contribution in [3.05, 3.63) is 227 Å². The van der Waals surface area contributed by atoms with Crippen LogP contribution in [0.1, 0.15) is 56.2 Å². The molecule has 3 unspecified atom stereocenters. The Hall–Kier alpha value is -6.81. The van der Waals surface area contributed by atoms with Gasteiger partial charge in [-0.05, 0) is 106 Å². The smallest absolute Gasteiger partial charge is 0.134 e. The fourth-order valence-corrected chi connectivity index (χ4v) is 11.0. The molecule has 11 rings (SSSR count). The fraction of sp³-hybridized carbons (Fsp3) is 0.136. The average Bonchev–Trinajstić information content (AvgIpc) is 3.90. The van der Waals surface area contributed by atoms with Crippen LogP contribution in [0.4, 0.5) is 0 Å². The van der Waals surface area contributed by atoms with Gasteiger partial charge in [-0.25, -0.2) is 0 Å². The molecule has 8 aromatic rings. The highest BCUT2D eigenvalue weighted by Gasteiger charge is 2.39. The van der Waals surface area contributed by atoms with Gasteiger partial charge in [0.15, 0.2) is 0 Å². The summed E-state index contributed by atoms with van der Waals surface area (Å²) in [6, 6.07) is 61.7. The maximum absolute atomic E-state index is 7.10. The third kappa shape index (κ3) is 6.69. The van der Waals surface area contributed by atoms with E-state index in [0.717, 1.165) is 41.1 Å². The Bertz CT molecular complexity index is 3160. The Morgan fingerprint density at radius 3 is 1.98 bits per heavy atom. The number of hydrogen-bond acceptors (Lipinski definition) is 3. The van der Waals surface area contributed by atoms with Crippen molar-refractivity contribution >= 4 is 42.9 Å². The van der Waals surface area contributed by atoms with E-state index in [1.54, 1.807) is 0 Å². The molecular formula is C59H47NOS. The molecule has 1 aromatic heterocycles. The molecule has 62 heavy (non-hydrogen) atoms. The number of hydrogen-bond donors (Lipinski definition) is 0. The van der Waals surface area contributed by atoms with Crippen LogP contribution < -0.4 is 4.74 Å². The van der Waals surface area contributed by atoms with Crippen molar-refractivity contribution in [3.8, 4) is 39.1 Å². The van der Waals surface area contributed by atoms with Gasteiger partial charge in [0.05, 0.1) is 11.4 Å². The Kier molecular flexibility index (Phi) is 9.78. The maximum Gasteiger partial charge on any atom is 0.134 e. The van der Waals surface area contributed by atoms with Gasteiger partial charge in [-0.3, -0.25) is 4.99 Å². The van der Waals surface area contributed by atoms with E-state index < -0.39 is 0 Å². The van der Waals surface area contributed by atoms with Crippen molar-refractivity contribution < 1.29 is 4.74 Å². The summed E-state index contributed by atoms with van der Waals surface area (Å²) >= 11 is 1.87. The third-order valence-corrected chi connectivity index (χ3v) is 14.5. The molecule has 3 heterocycles. The van der Waals surface area contributed by atoms with E-state index in [0.29, 0.717) is 0 Å². The lowest BCUT2D eigenvalue weighted by Gasteiger charge is -2.31. The quantitative estimate of drug-likeness (QED) is 0.157. The minimum Gasteiger partial charge on any atom is -0.484 e. The lowest BCUT2D eigenvalue weighted by Crippen LogP contribution is -2.26. The summed E-state index contributed by atoms with van der Waals surface area (Å²) in [6.07, 6.45) is 8.54. The monoisotopic (exact) mass is 817 g/mol. The number of thiophene rings is 1. The van der Waals surface area contributed by atoms with E-state index in [4.69, 9.17) is 9.73 Å². The maximum atomic E-state index is 7.10. The van der Waals surface area contributed by atoms with Gasteiger partial charge in [0.25, 0.3) is 0 Å². The van der Waals surface area contributed by atoms with Gasteiger partial charge < -0.3 is 4.74 Å². The molecule has 0 spiro atoms. The lowest BCUT2D eigenvalue weighted by atomic mass is 9.77. The summed E-state index contributed by atoms with van der Waals surface area (Å²) < 4.78 is 9.74. The normalized spacial score (nSPS) is 21.7. The van der Waals surface area contributed by atoms with Crippen molar-refractivity contribution in [1.29, 1.82) is 0 Å². The molecule has 2 aliphatic heterocycles. The van der Waals surface area contributed by atoms with E-state index >= 15 is 0 Å².